The summed E-state index contributed by atoms with van der Waals surface area (Å²) in [6.07, 6.45) is 0.995. The molecule has 0 N–H and O–H groups in total. The first kappa shape index (κ1) is 13.0. The number of amidine groups is 1. The van der Waals surface area contributed by atoms with Gasteiger partial charge in [0.2, 0.25) is 0 Å². The Hall–Kier alpha value is -1.44. The number of hydrogen-bond acceptors (Lipinski definition) is 2. The molecule has 2 rings (SSSR count). The van der Waals surface area contributed by atoms with E-state index in [2.05, 4.69) is 51.5 Å². The Morgan fingerprint density at radius 2 is 1.33 bits per heavy atom. The van der Waals surface area contributed by atoms with Crippen LogP contribution < -0.4 is 0 Å². The zero-order chi connectivity index (χ0) is 13.4. The lowest BCUT2D eigenvalue weighted by Crippen LogP contribution is -2.07. The Morgan fingerprint density at radius 1 is 0.833 bits per heavy atom. The average Bonchev–Trinajstić information content (AvgIpc) is 2.83. The predicted octanol–water partition coefficient (Wildman–Crippen LogP) is 3.84. The van der Waals surface area contributed by atoms with Gasteiger partial charge in [-0.1, -0.05) is 6.92 Å². The fourth-order valence-corrected chi connectivity index (χ4v) is 2.55. The standard InChI is InChI=1S/C16H22N2/c1-7-14-8-17-16(18-14)15-12(5)10(3)9(2)11(4)13(15)6/h7-8H2,1-6H3. The molecule has 1 heterocycles. The maximum Gasteiger partial charge on any atom is 0.155 e. The molecule has 0 aromatic heterocycles. The fourth-order valence-electron chi connectivity index (χ4n) is 2.55. The van der Waals surface area contributed by atoms with Crippen molar-refractivity contribution in [3.63, 3.8) is 0 Å². The quantitative estimate of drug-likeness (QED) is 0.753. The summed E-state index contributed by atoms with van der Waals surface area (Å²) in [6, 6.07) is 0. The number of nitrogens with zero attached hydrogens (tertiary/aromatic N) is 2. The monoisotopic (exact) mass is 242 g/mol. The maximum atomic E-state index is 4.68. The summed E-state index contributed by atoms with van der Waals surface area (Å²) in [5.74, 6) is 0.938. The summed E-state index contributed by atoms with van der Waals surface area (Å²) >= 11 is 0. The van der Waals surface area contributed by atoms with Crippen molar-refractivity contribution in [2.45, 2.75) is 48.0 Å². The SMILES string of the molecule is CCC1=NC(c2c(C)c(C)c(C)c(C)c2C)=NC1. The van der Waals surface area contributed by atoms with Crippen LogP contribution in [-0.2, 0) is 0 Å². The zero-order valence-electron chi connectivity index (χ0n) is 12.3. The van der Waals surface area contributed by atoms with Crippen molar-refractivity contribution in [2.24, 2.45) is 9.98 Å². The fraction of sp³-hybridized carbons (Fsp3) is 0.500. The summed E-state index contributed by atoms with van der Waals surface area (Å²) in [5.41, 5.74) is 9.24. The second-order valence-corrected chi connectivity index (χ2v) is 5.17. The van der Waals surface area contributed by atoms with Crippen molar-refractivity contribution < 1.29 is 0 Å². The summed E-state index contributed by atoms with van der Waals surface area (Å²) in [5, 5.41) is 0. The number of aliphatic imine (C=N–C) groups is 2. The van der Waals surface area contributed by atoms with Crippen LogP contribution in [0.5, 0.6) is 0 Å². The van der Waals surface area contributed by atoms with E-state index in [9.17, 15) is 0 Å². The molecule has 0 bridgehead atoms. The minimum atomic E-state index is 0.774. The molecule has 0 amide bonds. The third-order valence-electron chi connectivity index (χ3n) is 4.31. The molecule has 1 aliphatic rings. The van der Waals surface area contributed by atoms with E-state index in [1.165, 1.54) is 39.1 Å². The van der Waals surface area contributed by atoms with E-state index >= 15 is 0 Å². The summed E-state index contributed by atoms with van der Waals surface area (Å²) in [4.78, 5) is 9.28. The smallest absolute Gasteiger partial charge is 0.155 e. The molecule has 1 aromatic rings. The molecule has 0 atom stereocenters. The second kappa shape index (κ2) is 4.68. The van der Waals surface area contributed by atoms with Crippen molar-refractivity contribution in [2.75, 3.05) is 6.54 Å². The van der Waals surface area contributed by atoms with Gasteiger partial charge in [0.1, 0.15) is 0 Å². The number of hydrogen-bond donors (Lipinski definition) is 0. The lowest BCUT2D eigenvalue weighted by atomic mass is 9.89. The van der Waals surface area contributed by atoms with E-state index in [1.807, 2.05) is 0 Å². The minimum Gasteiger partial charge on any atom is -0.260 e. The van der Waals surface area contributed by atoms with Crippen LogP contribution in [0.25, 0.3) is 0 Å². The van der Waals surface area contributed by atoms with E-state index in [0.29, 0.717) is 0 Å². The molecule has 0 saturated heterocycles. The first-order valence-corrected chi connectivity index (χ1v) is 6.65. The average molecular weight is 242 g/mol. The van der Waals surface area contributed by atoms with E-state index < -0.39 is 0 Å². The van der Waals surface area contributed by atoms with Gasteiger partial charge in [-0.3, -0.25) is 4.99 Å². The molecule has 0 aliphatic carbocycles. The number of rotatable bonds is 2. The van der Waals surface area contributed by atoms with Crippen LogP contribution >= 0.6 is 0 Å². The van der Waals surface area contributed by atoms with E-state index in [0.717, 1.165) is 18.8 Å². The van der Waals surface area contributed by atoms with Gasteiger partial charge in [-0.05, 0) is 68.9 Å². The van der Waals surface area contributed by atoms with E-state index in [1.54, 1.807) is 0 Å². The first-order chi connectivity index (χ1) is 8.47. The van der Waals surface area contributed by atoms with Gasteiger partial charge in [0.15, 0.2) is 5.84 Å². The van der Waals surface area contributed by atoms with E-state index in [-0.39, 0.29) is 0 Å². The zero-order valence-corrected chi connectivity index (χ0v) is 12.3. The Labute approximate surface area is 110 Å². The van der Waals surface area contributed by atoms with Crippen LogP contribution in [0.4, 0.5) is 0 Å². The molecule has 18 heavy (non-hydrogen) atoms. The highest BCUT2D eigenvalue weighted by Gasteiger charge is 2.19. The van der Waals surface area contributed by atoms with Crippen molar-refractivity contribution >= 4 is 11.5 Å². The molecule has 2 nitrogen and oxygen atoms in total. The Bertz CT molecular complexity index is 534. The third kappa shape index (κ3) is 1.90. The lowest BCUT2D eigenvalue weighted by Gasteiger charge is -2.17. The van der Waals surface area contributed by atoms with Crippen LogP contribution in [0.1, 0.15) is 46.7 Å². The van der Waals surface area contributed by atoms with Crippen LogP contribution in [0.2, 0.25) is 0 Å². The normalized spacial score (nSPS) is 14.8. The van der Waals surface area contributed by atoms with Crippen LogP contribution in [0.3, 0.4) is 0 Å². The van der Waals surface area contributed by atoms with Crippen molar-refractivity contribution in [3.05, 3.63) is 33.4 Å². The molecule has 1 aromatic carbocycles. The van der Waals surface area contributed by atoms with Gasteiger partial charge < -0.3 is 0 Å². The lowest BCUT2D eigenvalue weighted by molar-refractivity contribution is 1.16. The topological polar surface area (TPSA) is 24.7 Å². The van der Waals surface area contributed by atoms with E-state index in [4.69, 9.17) is 0 Å². The Balaban J connectivity index is 2.63. The van der Waals surface area contributed by atoms with Gasteiger partial charge in [-0.15, -0.1) is 0 Å². The van der Waals surface area contributed by atoms with Crippen LogP contribution in [0, 0.1) is 34.6 Å². The highest BCUT2D eigenvalue weighted by atomic mass is 15.0. The molecule has 0 unspecified atom stereocenters. The van der Waals surface area contributed by atoms with Gasteiger partial charge in [0, 0.05) is 11.3 Å². The molecule has 2 heteroatoms. The summed E-state index contributed by atoms with van der Waals surface area (Å²) < 4.78 is 0. The number of benzene rings is 1. The molecule has 1 aliphatic heterocycles. The van der Waals surface area contributed by atoms with Gasteiger partial charge in [0.25, 0.3) is 0 Å². The van der Waals surface area contributed by atoms with Crippen molar-refractivity contribution in [3.8, 4) is 0 Å². The van der Waals surface area contributed by atoms with Gasteiger partial charge >= 0.3 is 0 Å². The Kier molecular flexibility index (Phi) is 3.38. The predicted molar refractivity (Wildman–Crippen MR) is 79.3 cm³/mol. The first-order valence-electron chi connectivity index (χ1n) is 6.65. The van der Waals surface area contributed by atoms with Crippen LogP contribution in [-0.4, -0.2) is 18.1 Å². The summed E-state index contributed by atoms with van der Waals surface area (Å²) in [7, 11) is 0. The highest BCUT2D eigenvalue weighted by Crippen LogP contribution is 2.27. The molecular formula is C16H22N2. The molecular weight excluding hydrogens is 220 g/mol. The van der Waals surface area contributed by atoms with Gasteiger partial charge in [-0.25, -0.2) is 4.99 Å². The minimum absolute atomic E-state index is 0.774. The largest absolute Gasteiger partial charge is 0.260 e. The second-order valence-electron chi connectivity index (χ2n) is 5.17. The van der Waals surface area contributed by atoms with Crippen LogP contribution in [0.15, 0.2) is 9.98 Å². The third-order valence-corrected chi connectivity index (χ3v) is 4.31. The maximum absolute atomic E-state index is 4.68. The molecule has 0 radical (unpaired) electrons. The van der Waals surface area contributed by atoms with Gasteiger partial charge in [-0.2, -0.15) is 0 Å². The molecule has 0 fully saturated rings. The highest BCUT2D eigenvalue weighted by molar-refractivity contribution is 6.13. The van der Waals surface area contributed by atoms with Crippen molar-refractivity contribution in [1.82, 2.24) is 0 Å². The van der Waals surface area contributed by atoms with Crippen molar-refractivity contribution in [1.29, 1.82) is 0 Å². The molecule has 96 valence electrons. The molecule has 0 spiro atoms. The molecule has 0 saturated carbocycles. The Morgan fingerprint density at radius 3 is 1.78 bits per heavy atom. The van der Waals surface area contributed by atoms with Gasteiger partial charge in [0.05, 0.1) is 6.54 Å². The summed E-state index contributed by atoms with van der Waals surface area (Å²) in [6.45, 7) is 13.9.